The van der Waals surface area contributed by atoms with E-state index in [9.17, 15) is 9.90 Å². The number of aliphatic hydroxyl groups is 1. The Bertz CT molecular complexity index is 626. The van der Waals surface area contributed by atoms with Gasteiger partial charge in [-0.3, -0.25) is 0 Å². The molecule has 0 aliphatic carbocycles. The van der Waals surface area contributed by atoms with E-state index < -0.39 is 18.2 Å². The number of carbonyl (C=O) groups is 1. The summed E-state index contributed by atoms with van der Waals surface area (Å²) in [6.45, 7) is 2.29. The van der Waals surface area contributed by atoms with E-state index in [1.165, 1.54) is 0 Å². The Balaban J connectivity index is 2.07. The van der Waals surface area contributed by atoms with Crippen LogP contribution in [0, 0.1) is 0 Å². The van der Waals surface area contributed by atoms with Crippen LogP contribution in [0.5, 0.6) is 5.75 Å². The maximum Gasteiger partial charge on any atom is 0.335 e. The Morgan fingerprint density at radius 3 is 2.52 bits per heavy atom. The van der Waals surface area contributed by atoms with E-state index in [0.717, 1.165) is 5.56 Å². The van der Waals surface area contributed by atoms with Crippen LogP contribution < -0.4 is 4.74 Å². The van der Waals surface area contributed by atoms with Crippen LogP contribution in [-0.4, -0.2) is 28.9 Å². The second-order valence-corrected chi connectivity index (χ2v) is 5.01. The van der Waals surface area contributed by atoms with Gasteiger partial charge in [-0.1, -0.05) is 42.5 Å². The third-order valence-corrected chi connectivity index (χ3v) is 3.32. The molecule has 0 amide bonds. The average Bonchev–Trinajstić information content (AvgIpc) is 2.58. The molecule has 0 bridgehead atoms. The predicted molar refractivity (Wildman–Crippen MR) is 85.2 cm³/mol. The van der Waals surface area contributed by atoms with E-state index in [4.69, 9.17) is 14.6 Å². The van der Waals surface area contributed by atoms with Crippen molar-refractivity contribution >= 4 is 5.97 Å². The van der Waals surface area contributed by atoms with Crippen molar-refractivity contribution in [3.05, 3.63) is 65.7 Å². The van der Waals surface area contributed by atoms with Crippen LogP contribution in [0.15, 0.2) is 54.6 Å². The molecule has 5 nitrogen and oxygen atoms in total. The van der Waals surface area contributed by atoms with Crippen molar-refractivity contribution < 1.29 is 24.5 Å². The van der Waals surface area contributed by atoms with E-state index in [0.29, 0.717) is 17.9 Å². The fourth-order valence-corrected chi connectivity index (χ4v) is 2.18. The molecule has 2 atom stereocenters. The Hall–Kier alpha value is -2.37. The number of aliphatic hydroxyl groups excluding tert-OH is 1. The summed E-state index contributed by atoms with van der Waals surface area (Å²) < 4.78 is 10.8. The van der Waals surface area contributed by atoms with Crippen LogP contribution in [0.3, 0.4) is 0 Å². The molecule has 0 heterocycles. The Morgan fingerprint density at radius 2 is 1.87 bits per heavy atom. The topological polar surface area (TPSA) is 76.0 Å². The number of aliphatic carboxylic acids is 1. The smallest absolute Gasteiger partial charge is 0.335 e. The summed E-state index contributed by atoms with van der Waals surface area (Å²) in [6, 6.07) is 16.4. The molecule has 2 unspecified atom stereocenters. The molecule has 0 spiro atoms. The third-order valence-electron chi connectivity index (χ3n) is 3.32. The van der Waals surface area contributed by atoms with Crippen molar-refractivity contribution in [2.45, 2.75) is 25.7 Å². The van der Waals surface area contributed by atoms with Gasteiger partial charge in [0.1, 0.15) is 18.5 Å². The van der Waals surface area contributed by atoms with Crippen molar-refractivity contribution in [1.82, 2.24) is 0 Å². The molecule has 0 radical (unpaired) electrons. The molecule has 2 aromatic carbocycles. The highest BCUT2D eigenvalue weighted by atomic mass is 16.5. The van der Waals surface area contributed by atoms with Gasteiger partial charge < -0.3 is 19.7 Å². The zero-order valence-electron chi connectivity index (χ0n) is 12.9. The van der Waals surface area contributed by atoms with Crippen molar-refractivity contribution in [2.75, 3.05) is 6.61 Å². The average molecular weight is 316 g/mol. The number of rotatable bonds is 8. The molecule has 0 aliphatic rings. The zero-order chi connectivity index (χ0) is 16.7. The second-order valence-electron chi connectivity index (χ2n) is 5.01. The van der Waals surface area contributed by atoms with Gasteiger partial charge in [-0.25, -0.2) is 4.79 Å². The van der Waals surface area contributed by atoms with Crippen LogP contribution >= 0.6 is 0 Å². The molecule has 2 rings (SSSR count). The lowest BCUT2D eigenvalue weighted by atomic mass is 10.0. The minimum atomic E-state index is -1.30. The van der Waals surface area contributed by atoms with Gasteiger partial charge in [0, 0.05) is 6.61 Å². The van der Waals surface area contributed by atoms with Gasteiger partial charge >= 0.3 is 5.97 Å². The first-order chi connectivity index (χ1) is 11.1. The molecule has 23 heavy (non-hydrogen) atoms. The summed E-state index contributed by atoms with van der Waals surface area (Å²) >= 11 is 0. The summed E-state index contributed by atoms with van der Waals surface area (Å²) in [5, 5.41) is 19.4. The number of carboxylic acids is 1. The first kappa shape index (κ1) is 17.0. The first-order valence-corrected chi connectivity index (χ1v) is 7.41. The van der Waals surface area contributed by atoms with Gasteiger partial charge in [-0.15, -0.1) is 0 Å². The lowest BCUT2D eigenvalue weighted by molar-refractivity contribution is -0.158. The number of carboxylic acid groups (broad SMARTS) is 1. The maximum absolute atomic E-state index is 11.2. The lowest BCUT2D eigenvalue weighted by Gasteiger charge is -2.19. The van der Waals surface area contributed by atoms with Gasteiger partial charge in [0.25, 0.3) is 0 Å². The van der Waals surface area contributed by atoms with E-state index >= 15 is 0 Å². The summed E-state index contributed by atoms with van der Waals surface area (Å²) in [5.74, 6) is -0.638. The summed E-state index contributed by atoms with van der Waals surface area (Å²) in [7, 11) is 0. The monoisotopic (exact) mass is 316 g/mol. The second kappa shape index (κ2) is 8.31. The van der Waals surface area contributed by atoms with Gasteiger partial charge in [-0.05, 0) is 30.2 Å². The SMILES string of the molecule is CCOC(C(=O)O)C(O)c1cccc(OCc2ccccc2)c1. The molecule has 2 N–H and O–H groups in total. The molecule has 0 aliphatic heterocycles. The van der Waals surface area contributed by atoms with Crippen molar-refractivity contribution in [3.63, 3.8) is 0 Å². The highest BCUT2D eigenvalue weighted by molar-refractivity contribution is 5.73. The standard InChI is InChI=1S/C18H20O5/c1-2-22-17(18(20)21)16(19)14-9-6-10-15(11-14)23-12-13-7-4-3-5-8-13/h3-11,16-17,19H,2,12H2,1H3,(H,20,21). The van der Waals surface area contributed by atoms with E-state index in [1.807, 2.05) is 30.3 Å². The fraction of sp³-hybridized carbons (Fsp3) is 0.278. The van der Waals surface area contributed by atoms with E-state index in [1.54, 1.807) is 31.2 Å². The van der Waals surface area contributed by atoms with Crippen molar-refractivity contribution in [1.29, 1.82) is 0 Å². The summed E-state index contributed by atoms with van der Waals surface area (Å²) in [4.78, 5) is 11.2. The highest BCUT2D eigenvalue weighted by Crippen LogP contribution is 2.24. The molecular weight excluding hydrogens is 296 g/mol. The molecule has 0 saturated heterocycles. The van der Waals surface area contributed by atoms with Gasteiger partial charge in [0.15, 0.2) is 6.10 Å². The Morgan fingerprint density at radius 1 is 1.13 bits per heavy atom. The van der Waals surface area contributed by atoms with Crippen LogP contribution in [0.4, 0.5) is 0 Å². The third kappa shape index (κ3) is 4.81. The molecule has 0 saturated carbocycles. The van der Waals surface area contributed by atoms with Gasteiger partial charge in [0.05, 0.1) is 0 Å². The fourth-order valence-electron chi connectivity index (χ4n) is 2.18. The van der Waals surface area contributed by atoms with E-state index in [-0.39, 0.29) is 6.61 Å². The summed E-state index contributed by atoms with van der Waals surface area (Å²) in [5.41, 5.74) is 1.47. The quantitative estimate of drug-likeness (QED) is 0.783. The Labute approximate surface area is 135 Å². The molecule has 122 valence electrons. The minimum absolute atomic E-state index is 0.207. The normalized spacial score (nSPS) is 13.3. The highest BCUT2D eigenvalue weighted by Gasteiger charge is 2.28. The number of benzene rings is 2. The van der Waals surface area contributed by atoms with Crippen LogP contribution in [0.2, 0.25) is 0 Å². The van der Waals surface area contributed by atoms with Crippen LogP contribution in [0.25, 0.3) is 0 Å². The lowest BCUT2D eigenvalue weighted by Crippen LogP contribution is -2.31. The zero-order valence-corrected chi connectivity index (χ0v) is 12.9. The molecule has 0 aromatic heterocycles. The minimum Gasteiger partial charge on any atom is -0.489 e. The number of hydrogen-bond acceptors (Lipinski definition) is 4. The Kier molecular flexibility index (Phi) is 6.14. The van der Waals surface area contributed by atoms with Gasteiger partial charge in [-0.2, -0.15) is 0 Å². The van der Waals surface area contributed by atoms with Crippen LogP contribution in [-0.2, 0) is 16.1 Å². The maximum atomic E-state index is 11.2. The first-order valence-electron chi connectivity index (χ1n) is 7.41. The molecule has 0 fully saturated rings. The van der Waals surface area contributed by atoms with Gasteiger partial charge in [0.2, 0.25) is 0 Å². The largest absolute Gasteiger partial charge is 0.489 e. The van der Waals surface area contributed by atoms with Crippen LogP contribution in [0.1, 0.15) is 24.2 Å². The van der Waals surface area contributed by atoms with E-state index in [2.05, 4.69) is 0 Å². The predicted octanol–water partition coefficient (Wildman–Crippen LogP) is 2.79. The number of hydrogen-bond donors (Lipinski definition) is 2. The number of ether oxygens (including phenoxy) is 2. The molecule has 2 aromatic rings. The molecular formula is C18H20O5. The summed E-state index contributed by atoms with van der Waals surface area (Å²) in [6.07, 6.45) is -2.56. The van der Waals surface area contributed by atoms with Crippen molar-refractivity contribution in [2.24, 2.45) is 0 Å². The molecule has 5 heteroatoms. The van der Waals surface area contributed by atoms with Crippen molar-refractivity contribution in [3.8, 4) is 5.75 Å².